The molecule has 0 fully saturated rings. The molecule has 3 aromatic rings. The number of amides is 1. The second-order valence-electron chi connectivity index (χ2n) is 6.28. The third-order valence-corrected chi connectivity index (χ3v) is 4.38. The minimum atomic E-state index is -0.162. The second-order valence-corrected chi connectivity index (χ2v) is 6.28. The Hall–Kier alpha value is -3.34. The maximum absolute atomic E-state index is 12.8. The highest BCUT2D eigenvalue weighted by Gasteiger charge is 2.31. The minimum Gasteiger partial charge on any atom is -0.267 e. The molecule has 5 nitrogen and oxygen atoms in total. The quantitative estimate of drug-likeness (QED) is 0.684. The Kier molecular flexibility index (Phi) is 4.27. The number of fused-ring (bicyclic) bond motifs is 1. The van der Waals surface area contributed by atoms with Crippen LogP contribution in [0.2, 0.25) is 0 Å². The average molecular weight is 342 g/mol. The SMILES string of the molecule is CC1Cc2nc(-c3ccccc3)ncc2C(=O)N1/N=C/c1ccccc1. The first kappa shape index (κ1) is 16.1. The first-order valence-corrected chi connectivity index (χ1v) is 8.56. The third-order valence-electron chi connectivity index (χ3n) is 4.38. The molecule has 0 spiro atoms. The van der Waals surface area contributed by atoms with Crippen LogP contribution in [0, 0.1) is 0 Å². The summed E-state index contributed by atoms with van der Waals surface area (Å²) in [7, 11) is 0. The van der Waals surface area contributed by atoms with Gasteiger partial charge < -0.3 is 0 Å². The number of nitrogens with zero attached hydrogens (tertiary/aromatic N) is 4. The summed E-state index contributed by atoms with van der Waals surface area (Å²) in [5.41, 5.74) is 3.20. The molecule has 128 valence electrons. The van der Waals surface area contributed by atoms with Gasteiger partial charge in [0.25, 0.3) is 5.91 Å². The van der Waals surface area contributed by atoms with Crippen molar-refractivity contribution in [1.82, 2.24) is 15.0 Å². The van der Waals surface area contributed by atoms with E-state index in [1.807, 2.05) is 67.6 Å². The largest absolute Gasteiger partial charge is 0.277 e. The molecule has 0 aliphatic carbocycles. The van der Waals surface area contributed by atoms with Crippen LogP contribution < -0.4 is 0 Å². The monoisotopic (exact) mass is 342 g/mol. The zero-order chi connectivity index (χ0) is 17.9. The molecule has 1 unspecified atom stereocenters. The Morgan fingerprint density at radius 2 is 1.77 bits per heavy atom. The van der Waals surface area contributed by atoms with Gasteiger partial charge in [0, 0.05) is 18.2 Å². The molecule has 1 aromatic heterocycles. The van der Waals surface area contributed by atoms with E-state index in [9.17, 15) is 4.79 Å². The van der Waals surface area contributed by atoms with Crippen molar-refractivity contribution in [2.24, 2.45) is 5.10 Å². The summed E-state index contributed by atoms with van der Waals surface area (Å²) in [6, 6.07) is 19.5. The van der Waals surface area contributed by atoms with Crippen LogP contribution in [-0.2, 0) is 6.42 Å². The molecular formula is C21H18N4O. The summed E-state index contributed by atoms with van der Waals surface area (Å²) in [6.07, 6.45) is 3.97. The molecule has 0 saturated heterocycles. The number of hydrogen-bond acceptors (Lipinski definition) is 4. The molecular weight excluding hydrogens is 324 g/mol. The minimum absolute atomic E-state index is 0.0616. The van der Waals surface area contributed by atoms with Crippen molar-refractivity contribution in [2.75, 3.05) is 0 Å². The third kappa shape index (κ3) is 3.11. The second kappa shape index (κ2) is 6.88. The van der Waals surface area contributed by atoms with Gasteiger partial charge in [-0.1, -0.05) is 60.7 Å². The molecule has 4 rings (SSSR count). The average Bonchev–Trinajstić information content (AvgIpc) is 2.69. The Labute approximate surface area is 152 Å². The zero-order valence-corrected chi connectivity index (χ0v) is 14.4. The number of hydrazone groups is 1. The van der Waals surface area contributed by atoms with E-state index in [-0.39, 0.29) is 11.9 Å². The zero-order valence-electron chi connectivity index (χ0n) is 14.4. The van der Waals surface area contributed by atoms with Gasteiger partial charge in [0.1, 0.15) is 0 Å². The van der Waals surface area contributed by atoms with Crippen LogP contribution in [0.4, 0.5) is 0 Å². The van der Waals surface area contributed by atoms with E-state index < -0.39 is 0 Å². The summed E-state index contributed by atoms with van der Waals surface area (Å²) in [5, 5.41) is 5.91. The van der Waals surface area contributed by atoms with Crippen molar-refractivity contribution >= 4 is 12.1 Å². The van der Waals surface area contributed by atoms with Crippen LogP contribution in [-0.4, -0.2) is 33.1 Å². The molecule has 1 atom stereocenters. The van der Waals surface area contributed by atoms with Gasteiger partial charge in [-0.15, -0.1) is 0 Å². The van der Waals surface area contributed by atoms with Gasteiger partial charge in [0.15, 0.2) is 5.82 Å². The first-order chi connectivity index (χ1) is 12.7. The number of carbonyl (C=O) groups excluding carboxylic acids is 1. The lowest BCUT2D eigenvalue weighted by molar-refractivity contribution is 0.0672. The van der Waals surface area contributed by atoms with Crippen LogP contribution in [0.25, 0.3) is 11.4 Å². The predicted molar refractivity (Wildman–Crippen MR) is 101 cm³/mol. The summed E-state index contributed by atoms with van der Waals surface area (Å²) in [4.78, 5) is 21.8. The van der Waals surface area contributed by atoms with Gasteiger partial charge in [0.05, 0.1) is 23.5 Å². The van der Waals surface area contributed by atoms with E-state index in [1.165, 1.54) is 5.01 Å². The lowest BCUT2D eigenvalue weighted by atomic mass is 10.0. The van der Waals surface area contributed by atoms with Crippen molar-refractivity contribution in [2.45, 2.75) is 19.4 Å². The Bertz CT molecular complexity index is 954. The van der Waals surface area contributed by atoms with Crippen molar-refractivity contribution < 1.29 is 4.79 Å². The molecule has 1 amide bonds. The highest BCUT2D eigenvalue weighted by atomic mass is 16.2. The topological polar surface area (TPSA) is 58.5 Å². The molecule has 0 radical (unpaired) electrons. The maximum Gasteiger partial charge on any atom is 0.277 e. The van der Waals surface area contributed by atoms with E-state index in [0.29, 0.717) is 17.8 Å². The molecule has 0 N–H and O–H groups in total. The molecule has 0 bridgehead atoms. The molecule has 2 heterocycles. The van der Waals surface area contributed by atoms with Crippen molar-refractivity contribution in [3.8, 4) is 11.4 Å². The fraction of sp³-hybridized carbons (Fsp3) is 0.143. The molecule has 1 aliphatic rings. The van der Waals surface area contributed by atoms with E-state index in [1.54, 1.807) is 12.4 Å². The molecule has 2 aromatic carbocycles. The first-order valence-electron chi connectivity index (χ1n) is 8.56. The van der Waals surface area contributed by atoms with Crippen LogP contribution in [0.1, 0.15) is 28.5 Å². The van der Waals surface area contributed by atoms with Crippen molar-refractivity contribution in [3.63, 3.8) is 0 Å². The highest BCUT2D eigenvalue weighted by Crippen LogP contribution is 2.24. The maximum atomic E-state index is 12.8. The van der Waals surface area contributed by atoms with E-state index in [0.717, 1.165) is 16.8 Å². The fourth-order valence-electron chi connectivity index (χ4n) is 3.00. The van der Waals surface area contributed by atoms with Crippen molar-refractivity contribution in [3.05, 3.63) is 83.7 Å². The van der Waals surface area contributed by atoms with Gasteiger partial charge in [0.2, 0.25) is 0 Å². The summed E-state index contributed by atoms with van der Waals surface area (Å²) in [5.74, 6) is 0.483. The molecule has 1 aliphatic heterocycles. The van der Waals surface area contributed by atoms with Gasteiger partial charge in [-0.2, -0.15) is 5.10 Å². The number of carbonyl (C=O) groups is 1. The number of rotatable bonds is 3. The van der Waals surface area contributed by atoms with E-state index in [2.05, 4.69) is 15.1 Å². The summed E-state index contributed by atoms with van der Waals surface area (Å²) in [6.45, 7) is 1.98. The van der Waals surface area contributed by atoms with Crippen molar-refractivity contribution in [1.29, 1.82) is 0 Å². The van der Waals surface area contributed by atoms with Crippen LogP contribution >= 0.6 is 0 Å². The standard InChI is InChI=1S/C21H18N4O/c1-15-12-19-18(14-22-20(24-19)17-10-6-3-7-11-17)21(26)25(15)23-13-16-8-4-2-5-9-16/h2-11,13-15H,12H2,1H3/b23-13+. The van der Waals surface area contributed by atoms with E-state index in [4.69, 9.17) is 0 Å². The highest BCUT2D eigenvalue weighted by molar-refractivity contribution is 5.97. The van der Waals surface area contributed by atoms with Crippen LogP contribution in [0.3, 0.4) is 0 Å². The molecule has 5 heteroatoms. The number of aromatic nitrogens is 2. The fourth-order valence-corrected chi connectivity index (χ4v) is 3.00. The Morgan fingerprint density at radius 3 is 2.50 bits per heavy atom. The normalized spacial score (nSPS) is 16.7. The Morgan fingerprint density at radius 1 is 1.08 bits per heavy atom. The predicted octanol–water partition coefficient (Wildman–Crippen LogP) is 3.56. The smallest absolute Gasteiger partial charge is 0.267 e. The van der Waals surface area contributed by atoms with E-state index >= 15 is 0 Å². The van der Waals surface area contributed by atoms with Crippen LogP contribution in [0.5, 0.6) is 0 Å². The lowest BCUT2D eigenvalue weighted by Crippen LogP contribution is -2.41. The molecule has 26 heavy (non-hydrogen) atoms. The van der Waals surface area contributed by atoms with Gasteiger partial charge in [-0.25, -0.2) is 15.0 Å². The number of hydrogen-bond donors (Lipinski definition) is 0. The molecule has 0 saturated carbocycles. The van der Waals surface area contributed by atoms with Gasteiger partial charge in [-0.05, 0) is 12.5 Å². The van der Waals surface area contributed by atoms with Crippen LogP contribution in [0.15, 0.2) is 72.0 Å². The Balaban J connectivity index is 1.63. The number of benzene rings is 2. The van der Waals surface area contributed by atoms with Gasteiger partial charge >= 0.3 is 0 Å². The summed E-state index contributed by atoms with van der Waals surface area (Å²) >= 11 is 0. The van der Waals surface area contributed by atoms with Gasteiger partial charge in [-0.3, -0.25) is 4.79 Å². The lowest BCUT2D eigenvalue weighted by Gasteiger charge is -2.29. The summed E-state index contributed by atoms with van der Waals surface area (Å²) < 4.78 is 0.